The first-order chi connectivity index (χ1) is 8.97. The van der Waals surface area contributed by atoms with E-state index < -0.39 is 0 Å². The van der Waals surface area contributed by atoms with Crippen molar-refractivity contribution in [1.82, 2.24) is 10.2 Å². The number of hydrogen-bond acceptors (Lipinski definition) is 3. The van der Waals surface area contributed by atoms with Gasteiger partial charge in [-0.05, 0) is 38.9 Å². The molecular formula is C15H24ClN3O. The molecule has 0 saturated carbocycles. The van der Waals surface area contributed by atoms with E-state index in [2.05, 4.69) is 34.6 Å². The zero-order chi connectivity index (χ0) is 14.0. The lowest BCUT2D eigenvalue weighted by Gasteiger charge is -2.35. The third-order valence-electron chi connectivity index (χ3n) is 3.72. The molecule has 1 saturated heterocycles. The summed E-state index contributed by atoms with van der Waals surface area (Å²) in [6.45, 7) is 8.55. The summed E-state index contributed by atoms with van der Waals surface area (Å²) in [5.41, 5.74) is 4.43. The number of nitrogens with one attached hydrogen (secondary N) is 2. The molecule has 1 amide bonds. The number of likely N-dealkylation sites (N-methyl/N-ethyl adjacent to an activating group) is 1. The first-order valence-corrected chi connectivity index (χ1v) is 6.76. The molecule has 1 aliphatic heterocycles. The predicted molar refractivity (Wildman–Crippen MR) is 85.8 cm³/mol. The number of nitrogens with zero attached hydrogens (tertiary/aromatic N) is 1. The number of halogens is 1. The lowest BCUT2D eigenvalue weighted by Crippen LogP contribution is -2.57. The molecule has 2 rings (SSSR count). The van der Waals surface area contributed by atoms with Crippen LogP contribution in [0.25, 0.3) is 0 Å². The Kier molecular flexibility index (Phi) is 5.99. The third kappa shape index (κ3) is 3.95. The van der Waals surface area contributed by atoms with Crippen LogP contribution in [0.5, 0.6) is 0 Å². The van der Waals surface area contributed by atoms with Crippen LogP contribution in [0.3, 0.4) is 0 Å². The second-order valence-electron chi connectivity index (χ2n) is 5.55. The van der Waals surface area contributed by atoms with Gasteiger partial charge in [0.1, 0.15) is 0 Å². The van der Waals surface area contributed by atoms with Crippen LogP contribution in [0, 0.1) is 20.8 Å². The van der Waals surface area contributed by atoms with E-state index in [1.165, 1.54) is 5.56 Å². The number of anilines is 1. The maximum absolute atomic E-state index is 12.1. The van der Waals surface area contributed by atoms with Crippen LogP contribution in [0.4, 0.5) is 5.69 Å². The van der Waals surface area contributed by atoms with Crippen LogP contribution in [-0.4, -0.2) is 43.5 Å². The summed E-state index contributed by atoms with van der Waals surface area (Å²) in [7, 11) is 2.00. The number of benzene rings is 1. The Morgan fingerprint density at radius 1 is 1.30 bits per heavy atom. The Hall–Kier alpha value is -1.10. The summed E-state index contributed by atoms with van der Waals surface area (Å²) in [4.78, 5) is 14.2. The van der Waals surface area contributed by atoms with Gasteiger partial charge < -0.3 is 10.6 Å². The van der Waals surface area contributed by atoms with E-state index in [0.717, 1.165) is 29.9 Å². The SMILES string of the molecule is Cc1cc(C)c(NC(=O)CN(C)C2CNC2)c(C)c1.Cl. The van der Waals surface area contributed by atoms with Gasteiger partial charge in [-0.15, -0.1) is 12.4 Å². The molecule has 0 atom stereocenters. The summed E-state index contributed by atoms with van der Waals surface area (Å²) in [6, 6.07) is 4.69. The molecule has 2 N–H and O–H groups in total. The zero-order valence-corrected chi connectivity index (χ0v) is 13.4. The fraction of sp³-hybridized carbons (Fsp3) is 0.533. The number of hydrogen-bond donors (Lipinski definition) is 2. The Labute approximate surface area is 127 Å². The largest absolute Gasteiger partial charge is 0.324 e. The van der Waals surface area contributed by atoms with Crippen LogP contribution in [0.1, 0.15) is 16.7 Å². The highest BCUT2D eigenvalue weighted by Crippen LogP contribution is 2.21. The molecule has 112 valence electrons. The Balaban J connectivity index is 0.00000200. The maximum Gasteiger partial charge on any atom is 0.238 e. The topological polar surface area (TPSA) is 44.4 Å². The second kappa shape index (κ2) is 7.07. The van der Waals surface area contributed by atoms with Gasteiger partial charge in [-0.25, -0.2) is 0 Å². The van der Waals surface area contributed by atoms with E-state index in [9.17, 15) is 4.79 Å². The van der Waals surface area contributed by atoms with E-state index in [4.69, 9.17) is 0 Å². The first-order valence-electron chi connectivity index (χ1n) is 6.76. The highest BCUT2D eigenvalue weighted by Gasteiger charge is 2.23. The maximum atomic E-state index is 12.1. The standard InChI is InChI=1S/C15H23N3O.ClH/c1-10-5-11(2)15(12(3)6-10)17-14(19)9-18(4)13-7-16-8-13;/h5-6,13,16H,7-9H2,1-4H3,(H,17,19);1H. The van der Waals surface area contributed by atoms with Gasteiger partial charge >= 0.3 is 0 Å². The highest BCUT2D eigenvalue weighted by molar-refractivity contribution is 5.93. The average Bonchev–Trinajstić information content (AvgIpc) is 2.20. The second-order valence-corrected chi connectivity index (χ2v) is 5.55. The van der Waals surface area contributed by atoms with E-state index in [-0.39, 0.29) is 18.3 Å². The molecule has 20 heavy (non-hydrogen) atoms. The van der Waals surface area contributed by atoms with Crippen molar-refractivity contribution < 1.29 is 4.79 Å². The molecule has 1 heterocycles. The van der Waals surface area contributed by atoms with Crippen molar-refractivity contribution in [2.75, 3.05) is 32.0 Å². The van der Waals surface area contributed by atoms with E-state index in [1.807, 2.05) is 20.9 Å². The minimum absolute atomic E-state index is 0. The highest BCUT2D eigenvalue weighted by atomic mass is 35.5. The summed E-state index contributed by atoms with van der Waals surface area (Å²) < 4.78 is 0. The van der Waals surface area contributed by atoms with Gasteiger partial charge in [-0.1, -0.05) is 17.7 Å². The Morgan fingerprint density at radius 3 is 2.30 bits per heavy atom. The van der Waals surface area contributed by atoms with Crippen molar-refractivity contribution in [3.63, 3.8) is 0 Å². The minimum Gasteiger partial charge on any atom is -0.324 e. The summed E-state index contributed by atoms with van der Waals surface area (Å²) >= 11 is 0. The number of aryl methyl sites for hydroxylation is 3. The van der Waals surface area contributed by atoms with Crippen LogP contribution < -0.4 is 10.6 Å². The van der Waals surface area contributed by atoms with Gasteiger partial charge in [0.05, 0.1) is 6.54 Å². The molecular weight excluding hydrogens is 274 g/mol. The molecule has 1 aromatic rings. The summed E-state index contributed by atoms with van der Waals surface area (Å²) in [5, 5.41) is 6.25. The van der Waals surface area contributed by atoms with Crippen molar-refractivity contribution in [3.8, 4) is 0 Å². The first kappa shape index (κ1) is 17.0. The van der Waals surface area contributed by atoms with E-state index >= 15 is 0 Å². The summed E-state index contributed by atoms with van der Waals surface area (Å²) in [5.74, 6) is 0.0597. The Morgan fingerprint density at radius 2 is 1.85 bits per heavy atom. The minimum atomic E-state index is 0. The van der Waals surface area contributed by atoms with Gasteiger partial charge in [0.25, 0.3) is 0 Å². The smallest absolute Gasteiger partial charge is 0.238 e. The fourth-order valence-corrected chi connectivity index (χ4v) is 2.50. The van der Waals surface area contributed by atoms with E-state index in [1.54, 1.807) is 0 Å². The molecule has 4 nitrogen and oxygen atoms in total. The van der Waals surface area contributed by atoms with Crippen molar-refractivity contribution in [3.05, 3.63) is 28.8 Å². The van der Waals surface area contributed by atoms with Crippen molar-refractivity contribution >= 4 is 24.0 Å². The van der Waals surface area contributed by atoms with Gasteiger partial charge in [0.2, 0.25) is 5.91 Å². The van der Waals surface area contributed by atoms with Gasteiger partial charge in [0.15, 0.2) is 0 Å². The zero-order valence-electron chi connectivity index (χ0n) is 12.6. The third-order valence-corrected chi connectivity index (χ3v) is 3.72. The fourth-order valence-electron chi connectivity index (χ4n) is 2.50. The average molecular weight is 298 g/mol. The molecule has 1 fully saturated rings. The van der Waals surface area contributed by atoms with Crippen molar-refractivity contribution in [1.29, 1.82) is 0 Å². The molecule has 0 spiro atoms. The number of rotatable bonds is 4. The number of carbonyl (C=O) groups excluding carboxylic acids is 1. The van der Waals surface area contributed by atoms with Gasteiger partial charge in [0, 0.05) is 24.8 Å². The quantitative estimate of drug-likeness (QED) is 0.892. The predicted octanol–water partition coefficient (Wildman–Crippen LogP) is 1.88. The van der Waals surface area contributed by atoms with Crippen molar-refractivity contribution in [2.45, 2.75) is 26.8 Å². The molecule has 0 bridgehead atoms. The van der Waals surface area contributed by atoms with Crippen molar-refractivity contribution in [2.24, 2.45) is 0 Å². The molecule has 0 unspecified atom stereocenters. The molecule has 1 aliphatic rings. The molecule has 1 aromatic carbocycles. The van der Waals surface area contributed by atoms with Gasteiger partial charge in [-0.3, -0.25) is 9.69 Å². The lowest BCUT2D eigenvalue weighted by atomic mass is 10.1. The molecule has 0 aromatic heterocycles. The molecule has 0 radical (unpaired) electrons. The molecule has 0 aliphatic carbocycles. The van der Waals surface area contributed by atoms with Crippen LogP contribution in [-0.2, 0) is 4.79 Å². The van der Waals surface area contributed by atoms with Crippen LogP contribution in [0.2, 0.25) is 0 Å². The van der Waals surface area contributed by atoms with Gasteiger partial charge in [-0.2, -0.15) is 0 Å². The van der Waals surface area contributed by atoms with Crippen LogP contribution >= 0.6 is 12.4 Å². The van der Waals surface area contributed by atoms with Crippen LogP contribution in [0.15, 0.2) is 12.1 Å². The number of carbonyl (C=O) groups is 1. The monoisotopic (exact) mass is 297 g/mol. The normalized spacial score (nSPS) is 14.7. The number of amides is 1. The van der Waals surface area contributed by atoms with E-state index in [0.29, 0.717) is 12.6 Å². The summed E-state index contributed by atoms with van der Waals surface area (Å²) in [6.07, 6.45) is 0. The lowest BCUT2D eigenvalue weighted by molar-refractivity contribution is -0.117. The molecule has 5 heteroatoms. The Bertz CT molecular complexity index is 463.